The number of anilines is 2. The summed E-state index contributed by atoms with van der Waals surface area (Å²) in [5.41, 5.74) is 5.60. The number of hydrogen-bond acceptors (Lipinski definition) is 7. The van der Waals surface area contributed by atoms with Crippen molar-refractivity contribution in [2.75, 3.05) is 17.6 Å². The summed E-state index contributed by atoms with van der Waals surface area (Å²) >= 11 is 5.84. The summed E-state index contributed by atoms with van der Waals surface area (Å²) in [6, 6.07) is 7.38. The molecule has 2 heterocycles. The number of halogens is 3. The van der Waals surface area contributed by atoms with Gasteiger partial charge in [0.05, 0.1) is 40.6 Å². The number of methoxy groups -OCH3 is 1. The van der Waals surface area contributed by atoms with Crippen molar-refractivity contribution >= 4 is 44.2 Å². The van der Waals surface area contributed by atoms with Gasteiger partial charge in [-0.3, -0.25) is 9.71 Å². The molecule has 0 aliphatic heterocycles. The molecule has 0 bridgehead atoms. The molecule has 0 saturated carbocycles. The Kier molecular flexibility index (Phi) is 5.53. The summed E-state index contributed by atoms with van der Waals surface area (Å²) in [5, 5.41) is 0.0318. The Balaban J connectivity index is 1.79. The van der Waals surface area contributed by atoms with Crippen molar-refractivity contribution in [3.8, 4) is 17.0 Å². The molecule has 0 atom stereocenters. The quantitative estimate of drug-likeness (QED) is 0.445. The third-order valence-electron chi connectivity index (χ3n) is 4.45. The molecule has 8 nitrogen and oxygen atoms in total. The third kappa shape index (κ3) is 3.99. The van der Waals surface area contributed by atoms with Crippen molar-refractivity contribution < 1.29 is 21.9 Å². The Hall–Kier alpha value is -3.57. The first-order chi connectivity index (χ1) is 15.2. The second-order valence-corrected chi connectivity index (χ2v) is 8.64. The minimum absolute atomic E-state index is 0.0318. The second-order valence-electron chi connectivity index (χ2n) is 6.55. The van der Waals surface area contributed by atoms with E-state index in [1.165, 1.54) is 37.7 Å². The van der Waals surface area contributed by atoms with Crippen LogP contribution in [0.4, 0.5) is 20.3 Å². The lowest BCUT2D eigenvalue weighted by molar-refractivity contribution is 0.385. The van der Waals surface area contributed by atoms with E-state index >= 15 is 4.39 Å². The molecule has 4 rings (SSSR count). The fraction of sp³-hybridized carbons (Fsp3) is 0.0500. The van der Waals surface area contributed by atoms with E-state index in [0.29, 0.717) is 11.0 Å². The van der Waals surface area contributed by atoms with Gasteiger partial charge in [0.1, 0.15) is 11.6 Å². The van der Waals surface area contributed by atoms with E-state index in [2.05, 4.69) is 19.7 Å². The average molecular weight is 478 g/mol. The van der Waals surface area contributed by atoms with E-state index in [0.717, 1.165) is 18.2 Å². The molecule has 164 valence electrons. The van der Waals surface area contributed by atoms with Crippen LogP contribution >= 0.6 is 11.6 Å². The van der Waals surface area contributed by atoms with Gasteiger partial charge in [0.25, 0.3) is 10.0 Å². The second kappa shape index (κ2) is 8.17. The number of aromatic nitrogens is 3. The van der Waals surface area contributed by atoms with Gasteiger partial charge in [0, 0.05) is 6.20 Å². The number of nitrogens with zero attached hydrogens (tertiary/aromatic N) is 3. The van der Waals surface area contributed by atoms with E-state index in [4.69, 9.17) is 22.1 Å². The van der Waals surface area contributed by atoms with Crippen LogP contribution in [0, 0.1) is 11.6 Å². The third-order valence-corrected chi connectivity index (χ3v) is 6.02. The number of fused-ring (bicyclic) bond motifs is 1. The molecule has 0 saturated heterocycles. The van der Waals surface area contributed by atoms with Crippen molar-refractivity contribution in [1.29, 1.82) is 0 Å². The Bertz CT molecular complexity index is 1470. The summed E-state index contributed by atoms with van der Waals surface area (Å²) in [4.78, 5) is 11.6. The predicted octanol–water partition coefficient (Wildman–Crippen LogP) is 4.02. The highest BCUT2D eigenvalue weighted by molar-refractivity contribution is 7.92. The molecular formula is C20H14ClF2N5O3S. The van der Waals surface area contributed by atoms with Gasteiger partial charge in [0.2, 0.25) is 5.88 Å². The highest BCUT2D eigenvalue weighted by atomic mass is 35.5. The maximum Gasteiger partial charge on any atom is 0.267 e. The van der Waals surface area contributed by atoms with Crippen LogP contribution in [0.2, 0.25) is 5.02 Å². The first-order valence-corrected chi connectivity index (χ1v) is 10.8. The molecule has 0 aliphatic carbocycles. The molecule has 2 aromatic carbocycles. The van der Waals surface area contributed by atoms with E-state index in [1.807, 2.05) is 0 Å². The van der Waals surface area contributed by atoms with Crippen LogP contribution < -0.4 is 15.2 Å². The maximum atomic E-state index is 15.3. The molecule has 3 N–H and O–H groups in total. The van der Waals surface area contributed by atoms with Crippen LogP contribution in [0.25, 0.3) is 22.2 Å². The lowest BCUT2D eigenvalue weighted by atomic mass is 10.0. The number of pyridine rings is 1. The number of rotatable bonds is 5. The SMILES string of the molecule is COc1ncc(Cl)cc1S(=O)(=O)Nc1ccc(F)c(-c2ccc3nc(N)cnc3c2)c1F. The summed E-state index contributed by atoms with van der Waals surface area (Å²) in [6.45, 7) is 0. The lowest BCUT2D eigenvalue weighted by Gasteiger charge is -2.14. The zero-order chi connectivity index (χ0) is 23.0. The van der Waals surface area contributed by atoms with Gasteiger partial charge in [-0.1, -0.05) is 17.7 Å². The van der Waals surface area contributed by atoms with Crippen LogP contribution in [-0.4, -0.2) is 30.5 Å². The zero-order valence-electron chi connectivity index (χ0n) is 16.3. The lowest BCUT2D eigenvalue weighted by Crippen LogP contribution is -2.16. The Morgan fingerprint density at radius 1 is 1.06 bits per heavy atom. The van der Waals surface area contributed by atoms with Crippen molar-refractivity contribution in [3.63, 3.8) is 0 Å². The van der Waals surface area contributed by atoms with Gasteiger partial charge in [-0.05, 0) is 35.9 Å². The van der Waals surface area contributed by atoms with Crippen molar-refractivity contribution in [3.05, 3.63) is 65.4 Å². The predicted molar refractivity (Wildman–Crippen MR) is 116 cm³/mol. The number of nitrogens with two attached hydrogens (primary N) is 1. The van der Waals surface area contributed by atoms with Gasteiger partial charge >= 0.3 is 0 Å². The molecule has 2 aromatic heterocycles. The van der Waals surface area contributed by atoms with E-state index < -0.39 is 37.8 Å². The van der Waals surface area contributed by atoms with Gasteiger partial charge in [0.15, 0.2) is 10.7 Å². The minimum Gasteiger partial charge on any atom is -0.480 e. The Labute approximate surface area is 186 Å². The molecule has 0 spiro atoms. The number of benzene rings is 2. The maximum absolute atomic E-state index is 15.3. The van der Waals surface area contributed by atoms with E-state index in [9.17, 15) is 12.8 Å². The van der Waals surface area contributed by atoms with Gasteiger partial charge < -0.3 is 10.5 Å². The molecule has 0 fully saturated rings. The van der Waals surface area contributed by atoms with Crippen LogP contribution in [0.5, 0.6) is 5.88 Å². The number of nitrogen functional groups attached to an aromatic ring is 1. The minimum atomic E-state index is -4.37. The first-order valence-electron chi connectivity index (χ1n) is 8.92. The number of hydrogen-bond donors (Lipinski definition) is 2. The smallest absolute Gasteiger partial charge is 0.267 e. The highest BCUT2D eigenvalue weighted by Gasteiger charge is 2.25. The highest BCUT2D eigenvalue weighted by Crippen LogP contribution is 2.34. The monoisotopic (exact) mass is 477 g/mol. The Morgan fingerprint density at radius 3 is 2.59 bits per heavy atom. The zero-order valence-corrected chi connectivity index (χ0v) is 17.9. The van der Waals surface area contributed by atoms with E-state index in [-0.39, 0.29) is 22.3 Å². The van der Waals surface area contributed by atoms with Crippen LogP contribution in [0.1, 0.15) is 0 Å². The van der Waals surface area contributed by atoms with Crippen LogP contribution in [0.3, 0.4) is 0 Å². The molecular weight excluding hydrogens is 464 g/mol. The molecule has 4 aromatic rings. The van der Waals surface area contributed by atoms with Crippen LogP contribution in [0.15, 0.2) is 53.7 Å². The number of sulfonamides is 1. The first kappa shape index (κ1) is 21.7. The molecule has 0 radical (unpaired) electrons. The summed E-state index contributed by atoms with van der Waals surface area (Å²) in [6.07, 6.45) is 2.52. The van der Waals surface area contributed by atoms with Gasteiger partial charge in [-0.25, -0.2) is 27.2 Å². The largest absolute Gasteiger partial charge is 0.480 e. The van der Waals surface area contributed by atoms with Crippen molar-refractivity contribution in [2.24, 2.45) is 0 Å². The molecule has 0 unspecified atom stereocenters. The van der Waals surface area contributed by atoms with Gasteiger partial charge in [-0.15, -0.1) is 0 Å². The summed E-state index contributed by atoms with van der Waals surface area (Å²) in [7, 11) is -3.15. The molecule has 0 amide bonds. The average Bonchev–Trinajstić information content (AvgIpc) is 2.76. The molecule has 32 heavy (non-hydrogen) atoms. The molecule has 12 heteroatoms. The Morgan fingerprint density at radius 2 is 1.84 bits per heavy atom. The summed E-state index contributed by atoms with van der Waals surface area (Å²) < 4.78 is 62.6. The van der Waals surface area contributed by atoms with Crippen LogP contribution in [-0.2, 0) is 10.0 Å². The summed E-state index contributed by atoms with van der Waals surface area (Å²) in [5.74, 6) is -2.05. The standard InChI is InChI=1S/C20H14ClF2N5O3S/c1-31-20-16(7-11(21)8-26-20)32(29,30)28-14-5-3-12(22)18(19(14)23)10-2-4-13-15(6-10)25-9-17(24)27-13/h2-9,28H,1H3,(H2,24,27). The topological polar surface area (TPSA) is 120 Å². The molecule has 0 aliphatic rings. The number of nitrogens with one attached hydrogen (secondary N) is 1. The fourth-order valence-electron chi connectivity index (χ4n) is 3.03. The van der Waals surface area contributed by atoms with Gasteiger partial charge in [-0.2, -0.15) is 0 Å². The van der Waals surface area contributed by atoms with E-state index in [1.54, 1.807) is 0 Å². The fourth-order valence-corrected chi connectivity index (χ4v) is 4.46. The normalized spacial score (nSPS) is 11.5. The van der Waals surface area contributed by atoms with Crippen molar-refractivity contribution in [2.45, 2.75) is 4.90 Å². The number of ether oxygens (including phenoxy) is 1. The van der Waals surface area contributed by atoms with Crippen molar-refractivity contribution in [1.82, 2.24) is 15.0 Å².